The summed E-state index contributed by atoms with van der Waals surface area (Å²) in [7, 11) is -2.88. The summed E-state index contributed by atoms with van der Waals surface area (Å²) >= 11 is 0. The minimum atomic E-state index is -5.17. The Morgan fingerprint density at radius 1 is 1.16 bits per heavy atom. The zero-order valence-electron chi connectivity index (χ0n) is 14.1. The van der Waals surface area contributed by atoms with Gasteiger partial charge in [-0.25, -0.2) is 13.1 Å². The van der Waals surface area contributed by atoms with Gasteiger partial charge in [-0.05, 0) is 50.8 Å². The van der Waals surface area contributed by atoms with Gasteiger partial charge in [-0.1, -0.05) is 6.07 Å². The van der Waals surface area contributed by atoms with E-state index in [4.69, 9.17) is 17.5 Å². The van der Waals surface area contributed by atoms with Crippen molar-refractivity contribution in [2.45, 2.75) is 12.2 Å². The Bertz CT molecular complexity index is 896. The molecule has 2 N–H and O–H groups in total. The lowest BCUT2D eigenvalue weighted by molar-refractivity contribution is 0.352. The van der Waals surface area contributed by atoms with Crippen LogP contribution in [0.25, 0.3) is 10.9 Å². The molecule has 0 aliphatic rings. The molecule has 9 nitrogen and oxygen atoms in total. The van der Waals surface area contributed by atoms with Gasteiger partial charge in [-0.2, -0.15) is 0 Å². The van der Waals surface area contributed by atoms with Crippen molar-refractivity contribution in [1.82, 2.24) is 14.6 Å². The maximum Gasteiger partial charge on any atom is 0.215 e. The van der Waals surface area contributed by atoms with Crippen molar-refractivity contribution in [3.8, 4) is 0 Å². The van der Waals surface area contributed by atoms with Crippen molar-refractivity contribution in [2.24, 2.45) is 0 Å². The van der Waals surface area contributed by atoms with Crippen molar-refractivity contribution in [3.05, 3.63) is 35.5 Å². The predicted octanol–water partition coefficient (Wildman–Crippen LogP) is -0.0168. The van der Waals surface area contributed by atoms with Crippen molar-refractivity contribution in [3.63, 3.8) is 0 Å². The van der Waals surface area contributed by atoms with Gasteiger partial charge in [0.05, 0.1) is 5.75 Å². The Morgan fingerprint density at radius 2 is 1.76 bits per heavy atom. The molecule has 2 rings (SSSR count). The van der Waals surface area contributed by atoms with Crippen LogP contribution < -0.4 is 4.72 Å². The summed E-state index contributed by atoms with van der Waals surface area (Å²) in [5.41, 5.74) is 3.07. The van der Waals surface area contributed by atoms with Crippen LogP contribution in [0.15, 0.2) is 24.4 Å². The SMILES string of the molecule is CNS(=O)(=O)Cc1ccc2[nH]cc(CCN(C)C)c2c1.O=S(=O)([O-])[O-]. The molecule has 0 unspecified atom stereocenters. The topological polar surface area (TPSA) is 145 Å². The first-order valence-corrected chi connectivity index (χ1v) is 10.2. The van der Waals surface area contributed by atoms with E-state index in [1.54, 1.807) is 0 Å². The van der Waals surface area contributed by atoms with Gasteiger partial charge in [-0.3, -0.25) is 8.42 Å². The number of likely N-dealkylation sites (N-methyl/N-ethyl adjacent to an activating group) is 1. The van der Waals surface area contributed by atoms with Crippen molar-refractivity contribution >= 4 is 31.3 Å². The van der Waals surface area contributed by atoms with Crippen molar-refractivity contribution in [2.75, 3.05) is 27.7 Å². The number of benzene rings is 1. The first kappa shape index (κ1) is 21.5. The molecule has 2 aromatic rings. The van der Waals surface area contributed by atoms with Crippen LogP contribution in [-0.2, 0) is 32.6 Å². The average Bonchev–Trinajstić information content (AvgIpc) is 2.85. The highest BCUT2D eigenvalue weighted by Crippen LogP contribution is 2.21. The molecule has 25 heavy (non-hydrogen) atoms. The van der Waals surface area contributed by atoms with Crippen LogP contribution >= 0.6 is 0 Å². The molecular formula is C14H21N3O6S2-2. The number of H-pyrrole nitrogens is 1. The van der Waals surface area contributed by atoms with Crippen LogP contribution in [0.1, 0.15) is 11.1 Å². The van der Waals surface area contributed by atoms with Crippen LogP contribution in [-0.4, -0.2) is 63.5 Å². The molecule has 1 aromatic heterocycles. The molecule has 142 valence electrons. The normalized spacial score (nSPS) is 12.2. The van der Waals surface area contributed by atoms with E-state index in [-0.39, 0.29) is 5.75 Å². The van der Waals surface area contributed by atoms with Crippen LogP contribution in [0.4, 0.5) is 0 Å². The van der Waals surface area contributed by atoms with Gasteiger partial charge in [0.2, 0.25) is 10.0 Å². The molecule has 0 spiro atoms. The molecule has 0 radical (unpaired) electrons. The Morgan fingerprint density at radius 3 is 2.28 bits per heavy atom. The van der Waals surface area contributed by atoms with Crippen LogP contribution in [0.3, 0.4) is 0 Å². The van der Waals surface area contributed by atoms with E-state index in [1.807, 2.05) is 38.5 Å². The van der Waals surface area contributed by atoms with E-state index in [2.05, 4.69) is 14.6 Å². The molecule has 0 aliphatic carbocycles. The fraction of sp³-hybridized carbons (Fsp3) is 0.429. The smallest absolute Gasteiger partial charge is 0.215 e. The van der Waals surface area contributed by atoms with E-state index in [1.165, 1.54) is 12.6 Å². The number of hydrogen-bond donors (Lipinski definition) is 2. The van der Waals surface area contributed by atoms with Crippen molar-refractivity contribution in [1.29, 1.82) is 0 Å². The van der Waals surface area contributed by atoms with Gasteiger partial charge >= 0.3 is 0 Å². The molecule has 0 saturated heterocycles. The third-order valence-electron chi connectivity index (χ3n) is 3.33. The Labute approximate surface area is 147 Å². The van der Waals surface area contributed by atoms with E-state index in [0.29, 0.717) is 0 Å². The summed E-state index contributed by atoms with van der Waals surface area (Å²) in [6, 6.07) is 5.75. The molecule has 1 heterocycles. The Balaban J connectivity index is 0.000000550. The number of fused-ring (bicyclic) bond motifs is 1. The third kappa shape index (κ3) is 8.43. The lowest BCUT2D eigenvalue weighted by Gasteiger charge is -2.08. The zero-order valence-corrected chi connectivity index (χ0v) is 15.8. The van der Waals surface area contributed by atoms with Gasteiger partial charge in [-0.15, -0.1) is 0 Å². The summed E-state index contributed by atoms with van der Waals surface area (Å²) in [5, 5.41) is 1.11. The lowest BCUT2D eigenvalue weighted by Crippen LogP contribution is -2.20. The Kier molecular flexibility index (Phi) is 7.53. The van der Waals surface area contributed by atoms with Gasteiger partial charge in [0, 0.05) is 34.0 Å². The lowest BCUT2D eigenvalue weighted by atomic mass is 10.1. The van der Waals surface area contributed by atoms with Crippen LogP contribution in [0, 0.1) is 0 Å². The zero-order chi connectivity index (χ0) is 19.3. The summed E-state index contributed by atoms with van der Waals surface area (Å²) in [6.45, 7) is 0.964. The molecule has 0 atom stereocenters. The van der Waals surface area contributed by atoms with Gasteiger partial charge in [0.15, 0.2) is 0 Å². The highest BCUT2D eigenvalue weighted by Gasteiger charge is 2.11. The van der Waals surface area contributed by atoms with E-state index >= 15 is 0 Å². The average molecular weight is 391 g/mol. The molecule has 1 aromatic carbocycles. The maximum atomic E-state index is 11.6. The van der Waals surface area contributed by atoms with Gasteiger partial charge in [0.25, 0.3) is 0 Å². The molecule has 0 aliphatic heterocycles. The van der Waals surface area contributed by atoms with Gasteiger partial charge < -0.3 is 19.0 Å². The summed E-state index contributed by atoms with van der Waals surface area (Å²) in [5.74, 6) is 0.0116. The highest BCUT2D eigenvalue weighted by molar-refractivity contribution is 7.88. The fourth-order valence-electron chi connectivity index (χ4n) is 2.16. The van der Waals surface area contributed by atoms with Crippen LogP contribution in [0.5, 0.6) is 0 Å². The van der Waals surface area contributed by atoms with Crippen molar-refractivity contribution < 1.29 is 25.9 Å². The molecule has 0 fully saturated rings. The number of sulfonamides is 1. The second-order valence-electron chi connectivity index (χ2n) is 5.62. The number of nitrogens with zero attached hydrogens (tertiary/aromatic N) is 1. The van der Waals surface area contributed by atoms with E-state index < -0.39 is 20.4 Å². The standard InChI is InChI=1S/C14H21N3O2S.H2O4S/c1-15-20(18,19)10-11-4-5-14-13(8-11)12(9-16-14)6-7-17(2)3;1-5(2,3)4/h4-5,8-9,15-16H,6-7,10H2,1-3H3;(H2,1,2,3,4)/p-2. The molecule has 0 amide bonds. The summed E-state index contributed by atoms with van der Waals surface area (Å²) < 4.78 is 59.7. The van der Waals surface area contributed by atoms with E-state index in [0.717, 1.165) is 29.4 Å². The number of hydrogen-bond acceptors (Lipinski definition) is 7. The predicted molar refractivity (Wildman–Crippen MR) is 92.7 cm³/mol. The number of aromatic amines is 1. The largest absolute Gasteiger partial charge is 0.759 e. The quantitative estimate of drug-likeness (QED) is 0.520. The highest BCUT2D eigenvalue weighted by atomic mass is 32.3. The third-order valence-corrected chi connectivity index (χ3v) is 4.66. The Hall–Kier alpha value is -1.50. The monoisotopic (exact) mass is 391 g/mol. The van der Waals surface area contributed by atoms with E-state index in [9.17, 15) is 8.42 Å². The minimum absolute atomic E-state index is 0.0116. The number of rotatable bonds is 6. The second-order valence-corrected chi connectivity index (χ2v) is 8.36. The maximum absolute atomic E-state index is 11.6. The molecule has 0 bridgehead atoms. The van der Waals surface area contributed by atoms with Gasteiger partial charge in [0.1, 0.15) is 0 Å². The molecule has 11 heteroatoms. The minimum Gasteiger partial charge on any atom is -0.759 e. The number of aromatic nitrogens is 1. The first-order valence-electron chi connectivity index (χ1n) is 7.23. The summed E-state index contributed by atoms with van der Waals surface area (Å²) in [6.07, 6.45) is 2.94. The number of nitrogens with one attached hydrogen (secondary N) is 2. The fourth-order valence-corrected chi connectivity index (χ4v) is 2.92. The molecular weight excluding hydrogens is 370 g/mol. The summed E-state index contributed by atoms with van der Waals surface area (Å²) in [4.78, 5) is 5.37. The molecule has 0 saturated carbocycles. The second kappa shape index (κ2) is 8.74. The first-order chi connectivity index (χ1) is 11.4. The van der Waals surface area contributed by atoms with Crippen LogP contribution in [0.2, 0.25) is 0 Å².